The Morgan fingerprint density at radius 1 is 1.23 bits per heavy atom. The van der Waals surface area contributed by atoms with Crippen LogP contribution in [0.1, 0.15) is 26.7 Å². The van der Waals surface area contributed by atoms with Crippen LogP contribution in [0, 0.1) is 5.82 Å². The predicted molar refractivity (Wildman–Crippen MR) is 87.6 cm³/mol. The molecular weight excluding hydrogens is 281 g/mol. The second-order valence-corrected chi connectivity index (χ2v) is 5.93. The van der Waals surface area contributed by atoms with Gasteiger partial charge in [0.25, 0.3) is 0 Å². The second kappa shape index (κ2) is 8.13. The van der Waals surface area contributed by atoms with Crippen LogP contribution in [0.4, 0.5) is 10.1 Å². The fourth-order valence-corrected chi connectivity index (χ4v) is 2.59. The van der Waals surface area contributed by atoms with E-state index in [0.717, 1.165) is 44.8 Å². The molecule has 0 spiro atoms. The molecule has 4 nitrogen and oxygen atoms in total. The Balaban J connectivity index is 1.71. The molecule has 0 aromatic heterocycles. The van der Waals surface area contributed by atoms with Crippen LogP contribution in [0.25, 0.3) is 0 Å². The predicted octanol–water partition coefficient (Wildman–Crippen LogP) is 2.25. The summed E-state index contributed by atoms with van der Waals surface area (Å²) in [6.45, 7) is 8.61. The smallest absolute Gasteiger partial charge is 0.221 e. The van der Waals surface area contributed by atoms with Gasteiger partial charge in [-0.2, -0.15) is 0 Å². The Bertz CT molecular complexity index is 469. The first-order valence-corrected chi connectivity index (χ1v) is 8.10. The molecule has 2 rings (SSSR count). The first kappa shape index (κ1) is 16.7. The molecule has 1 aliphatic rings. The molecule has 0 bridgehead atoms. The summed E-state index contributed by atoms with van der Waals surface area (Å²) in [6.07, 6.45) is 1.52. The number of amides is 1. The van der Waals surface area contributed by atoms with E-state index >= 15 is 0 Å². The van der Waals surface area contributed by atoms with Gasteiger partial charge >= 0.3 is 0 Å². The fraction of sp³-hybridized carbons (Fsp3) is 0.588. The number of carbonyl (C=O) groups excluding carboxylic acids is 1. The van der Waals surface area contributed by atoms with E-state index in [1.54, 1.807) is 0 Å². The van der Waals surface area contributed by atoms with Crippen molar-refractivity contribution in [2.24, 2.45) is 0 Å². The molecule has 1 heterocycles. The van der Waals surface area contributed by atoms with Crippen LogP contribution in [-0.4, -0.2) is 49.6 Å². The monoisotopic (exact) mass is 307 g/mol. The zero-order chi connectivity index (χ0) is 15.9. The van der Waals surface area contributed by atoms with Crippen molar-refractivity contribution in [3.05, 3.63) is 30.1 Å². The van der Waals surface area contributed by atoms with Crippen molar-refractivity contribution in [1.29, 1.82) is 0 Å². The molecule has 1 aromatic rings. The van der Waals surface area contributed by atoms with E-state index in [2.05, 4.69) is 22.0 Å². The Morgan fingerprint density at radius 3 is 2.45 bits per heavy atom. The summed E-state index contributed by atoms with van der Waals surface area (Å²) in [5.74, 6) is -0.0648. The van der Waals surface area contributed by atoms with Crippen LogP contribution in [0.3, 0.4) is 0 Å². The van der Waals surface area contributed by atoms with Crippen LogP contribution in [0.15, 0.2) is 24.3 Å². The third-order valence-electron chi connectivity index (χ3n) is 4.24. The average molecular weight is 307 g/mol. The lowest BCUT2D eigenvalue weighted by Crippen LogP contribution is -2.47. The molecule has 1 N–H and O–H groups in total. The largest absolute Gasteiger partial charge is 0.369 e. The number of carbonyl (C=O) groups is 1. The van der Waals surface area contributed by atoms with Crippen LogP contribution in [0.5, 0.6) is 0 Å². The number of anilines is 1. The molecule has 0 saturated carbocycles. The lowest BCUT2D eigenvalue weighted by Gasteiger charge is -2.36. The highest BCUT2D eigenvalue weighted by molar-refractivity contribution is 5.76. The number of nitrogens with zero attached hydrogens (tertiary/aromatic N) is 2. The van der Waals surface area contributed by atoms with Crippen LogP contribution in [0.2, 0.25) is 0 Å². The average Bonchev–Trinajstić information content (AvgIpc) is 2.54. The molecule has 0 radical (unpaired) electrons. The van der Waals surface area contributed by atoms with E-state index in [-0.39, 0.29) is 17.8 Å². The van der Waals surface area contributed by atoms with Gasteiger partial charge in [0.05, 0.1) is 0 Å². The van der Waals surface area contributed by atoms with Crippen LogP contribution >= 0.6 is 0 Å². The highest BCUT2D eigenvalue weighted by Gasteiger charge is 2.18. The third kappa shape index (κ3) is 4.98. The van der Waals surface area contributed by atoms with Gasteiger partial charge in [0.15, 0.2) is 0 Å². The molecule has 1 aliphatic heterocycles. The zero-order valence-corrected chi connectivity index (χ0v) is 13.5. The van der Waals surface area contributed by atoms with Crippen molar-refractivity contribution >= 4 is 11.6 Å². The summed E-state index contributed by atoms with van der Waals surface area (Å²) < 4.78 is 12.9. The first-order chi connectivity index (χ1) is 10.6. The maximum absolute atomic E-state index is 12.9. The summed E-state index contributed by atoms with van der Waals surface area (Å²) in [4.78, 5) is 16.4. The van der Waals surface area contributed by atoms with E-state index < -0.39 is 0 Å². The Kier molecular flexibility index (Phi) is 6.19. The SMILES string of the molecule is CCC(C)NC(=O)CCN1CCN(c2ccc(F)cc2)CC1. The van der Waals surface area contributed by atoms with E-state index in [9.17, 15) is 9.18 Å². The highest BCUT2D eigenvalue weighted by Crippen LogP contribution is 2.16. The van der Waals surface area contributed by atoms with Crippen molar-refractivity contribution in [2.45, 2.75) is 32.7 Å². The number of nitrogens with one attached hydrogen (secondary N) is 1. The van der Waals surface area contributed by atoms with Crippen molar-refractivity contribution in [3.63, 3.8) is 0 Å². The zero-order valence-electron chi connectivity index (χ0n) is 13.5. The van der Waals surface area contributed by atoms with Crippen LogP contribution < -0.4 is 10.2 Å². The number of piperazine rings is 1. The standard InChI is InChI=1S/C17H26FN3O/c1-3-14(2)19-17(22)8-9-20-10-12-21(13-11-20)16-6-4-15(18)5-7-16/h4-7,14H,3,8-13H2,1-2H3,(H,19,22). The van der Waals surface area contributed by atoms with E-state index in [1.807, 2.05) is 19.1 Å². The minimum atomic E-state index is -0.199. The molecular formula is C17H26FN3O. The van der Waals surface area contributed by atoms with Crippen molar-refractivity contribution in [1.82, 2.24) is 10.2 Å². The molecule has 1 aromatic carbocycles. The van der Waals surface area contributed by atoms with Gasteiger partial charge in [0.1, 0.15) is 5.82 Å². The maximum atomic E-state index is 12.9. The van der Waals surface area contributed by atoms with Crippen molar-refractivity contribution in [3.8, 4) is 0 Å². The topological polar surface area (TPSA) is 35.6 Å². The van der Waals surface area contributed by atoms with Gasteiger partial charge in [-0.3, -0.25) is 9.69 Å². The number of rotatable bonds is 6. The van der Waals surface area contributed by atoms with Gasteiger partial charge < -0.3 is 10.2 Å². The van der Waals surface area contributed by atoms with Gasteiger partial charge in [-0.15, -0.1) is 0 Å². The molecule has 122 valence electrons. The van der Waals surface area contributed by atoms with Crippen LogP contribution in [-0.2, 0) is 4.79 Å². The number of hydrogen-bond donors (Lipinski definition) is 1. The van der Waals surface area contributed by atoms with E-state index in [4.69, 9.17) is 0 Å². The van der Waals surface area contributed by atoms with E-state index in [1.165, 1.54) is 12.1 Å². The maximum Gasteiger partial charge on any atom is 0.221 e. The normalized spacial score (nSPS) is 17.3. The molecule has 1 saturated heterocycles. The molecule has 1 amide bonds. The van der Waals surface area contributed by atoms with Gasteiger partial charge in [-0.05, 0) is 37.6 Å². The first-order valence-electron chi connectivity index (χ1n) is 8.10. The highest BCUT2D eigenvalue weighted by atomic mass is 19.1. The molecule has 1 atom stereocenters. The lowest BCUT2D eigenvalue weighted by atomic mass is 10.2. The van der Waals surface area contributed by atoms with Gasteiger partial charge in [-0.1, -0.05) is 6.92 Å². The fourth-order valence-electron chi connectivity index (χ4n) is 2.59. The summed E-state index contributed by atoms with van der Waals surface area (Å²) >= 11 is 0. The summed E-state index contributed by atoms with van der Waals surface area (Å²) in [5, 5.41) is 3.00. The quantitative estimate of drug-likeness (QED) is 0.875. The molecule has 0 aliphatic carbocycles. The summed E-state index contributed by atoms with van der Waals surface area (Å²) in [6, 6.07) is 6.90. The minimum absolute atomic E-state index is 0.135. The third-order valence-corrected chi connectivity index (χ3v) is 4.24. The molecule has 5 heteroatoms. The Morgan fingerprint density at radius 2 is 1.86 bits per heavy atom. The summed E-state index contributed by atoms with van der Waals surface area (Å²) in [5.41, 5.74) is 1.07. The van der Waals surface area contributed by atoms with E-state index in [0.29, 0.717) is 6.42 Å². The van der Waals surface area contributed by atoms with Crippen molar-refractivity contribution in [2.75, 3.05) is 37.6 Å². The van der Waals surface area contributed by atoms with Gasteiger partial charge in [0, 0.05) is 50.9 Å². The number of benzene rings is 1. The number of hydrogen-bond acceptors (Lipinski definition) is 3. The molecule has 1 fully saturated rings. The second-order valence-electron chi connectivity index (χ2n) is 5.93. The van der Waals surface area contributed by atoms with Gasteiger partial charge in [-0.25, -0.2) is 4.39 Å². The Labute approximate surface area is 132 Å². The lowest BCUT2D eigenvalue weighted by molar-refractivity contribution is -0.122. The van der Waals surface area contributed by atoms with Gasteiger partial charge in [0.2, 0.25) is 5.91 Å². The number of halogens is 1. The minimum Gasteiger partial charge on any atom is -0.369 e. The summed E-state index contributed by atoms with van der Waals surface area (Å²) in [7, 11) is 0. The van der Waals surface area contributed by atoms with Crippen molar-refractivity contribution < 1.29 is 9.18 Å². The Hall–Kier alpha value is -1.62. The molecule has 1 unspecified atom stereocenters. The molecule has 22 heavy (non-hydrogen) atoms.